The van der Waals surface area contributed by atoms with Gasteiger partial charge in [0.1, 0.15) is 11.4 Å². The maximum Gasteiger partial charge on any atom is 0.343 e. The van der Waals surface area contributed by atoms with Crippen LogP contribution in [0.25, 0.3) is 0 Å². The summed E-state index contributed by atoms with van der Waals surface area (Å²) in [4.78, 5) is 22.1. The van der Waals surface area contributed by atoms with E-state index in [1.165, 1.54) is 19.1 Å². The van der Waals surface area contributed by atoms with Crippen LogP contribution < -0.4 is 5.73 Å². The van der Waals surface area contributed by atoms with Crippen molar-refractivity contribution in [1.82, 2.24) is 0 Å². The summed E-state index contributed by atoms with van der Waals surface area (Å²) in [5.74, 6) is -2.65. The minimum Gasteiger partial charge on any atom is -0.449 e. The van der Waals surface area contributed by atoms with Crippen molar-refractivity contribution in [3.8, 4) is 0 Å². The van der Waals surface area contributed by atoms with Crippen LogP contribution in [0.1, 0.15) is 17.3 Å². The van der Waals surface area contributed by atoms with Gasteiger partial charge in [0, 0.05) is 0 Å². The first-order valence-electron chi connectivity index (χ1n) is 4.37. The fourth-order valence-electron chi connectivity index (χ4n) is 0.970. The highest BCUT2D eigenvalue weighted by Gasteiger charge is 2.21. The van der Waals surface area contributed by atoms with Crippen molar-refractivity contribution >= 4 is 23.5 Å². The Hall–Kier alpha value is -1.62. The topological polar surface area (TPSA) is 69.4 Å². The van der Waals surface area contributed by atoms with Crippen molar-refractivity contribution in [3.63, 3.8) is 0 Å². The second-order valence-corrected chi connectivity index (χ2v) is 3.45. The van der Waals surface area contributed by atoms with E-state index in [4.69, 9.17) is 17.3 Å². The molecule has 1 unspecified atom stereocenters. The van der Waals surface area contributed by atoms with E-state index >= 15 is 0 Å². The normalized spacial score (nSPS) is 11.9. The molecule has 0 fully saturated rings. The predicted molar refractivity (Wildman–Crippen MR) is 55.5 cm³/mol. The zero-order valence-corrected chi connectivity index (χ0v) is 9.12. The lowest BCUT2D eigenvalue weighted by atomic mass is 10.2. The van der Waals surface area contributed by atoms with Gasteiger partial charge in [-0.25, -0.2) is 9.18 Å². The molecule has 0 heterocycles. The molecule has 0 saturated heterocycles. The molecule has 6 heteroatoms. The maximum atomic E-state index is 13.3. The summed E-state index contributed by atoms with van der Waals surface area (Å²) in [5, 5.41) is -0.0818. The number of carbonyl (C=O) groups excluding carboxylic acids is 2. The minimum absolute atomic E-state index is 0.0818. The summed E-state index contributed by atoms with van der Waals surface area (Å²) in [5.41, 5.74) is 4.49. The molecule has 1 aromatic rings. The molecule has 0 aliphatic rings. The minimum atomic E-state index is -1.14. The SMILES string of the molecule is CC(OC(=O)c1c(F)cccc1Cl)C(N)=O. The Balaban J connectivity index is 2.93. The number of nitrogens with two attached hydrogens (primary N) is 1. The molecule has 0 bridgehead atoms. The number of hydrogen-bond donors (Lipinski definition) is 1. The average molecular weight is 246 g/mol. The van der Waals surface area contributed by atoms with Gasteiger partial charge in [-0.3, -0.25) is 4.79 Å². The molecule has 16 heavy (non-hydrogen) atoms. The molecule has 86 valence electrons. The molecule has 0 aromatic heterocycles. The van der Waals surface area contributed by atoms with Crippen LogP contribution in [0.4, 0.5) is 4.39 Å². The summed E-state index contributed by atoms with van der Waals surface area (Å²) in [6, 6.07) is 3.76. The molecule has 1 rings (SSSR count). The van der Waals surface area contributed by atoms with E-state index < -0.39 is 29.4 Å². The van der Waals surface area contributed by atoms with Crippen molar-refractivity contribution in [1.29, 1.82) is 0 Å². The van der Waals surface area contributed by atoms with Gasteiger partial charge < -0.3 is 10.5 Å². The quantitative estimate of drug-likeness (QED) is 0.821. The monoisotopic (exact) mass is 245 g/mol. The third kappa shape index (κ3) is 2.70. The first-order chi connectivity index (χ1) is 7.43. The van der Waals surface area contributed by atoms with Crippen LogP contribution in [-0.4, -0.2) is 18.0 Å². The molecule has 1 amide bonds. The predicted octanol–water partition coefficient (Wildman–Crippen LogP) is 1.51. The number of amides is 1. The molecule has 4 nitrogen and oxygen atoms in total. The lowest BCUT2D eigenvalue weighted by Crippen LogP contribution is -2.30. The number of rotatable bonds is 3. The summed E-state index contributed by atoms with van der Waals surface area (Å²) in [6.07, 6.45) is -1.14. The molecule has 0 saturated carbocycles. The summed E-state index contributed by atoms with van der Waals surface area (Å²) >= 11 is 5.63. The molecule has 2 N–H and O–H groups in total. The van der Waals surface area contributed by atoms with Crippen molar-refractivity contribution < 1.29 is 18.7 Å². The van der Waals surface area contributed by atoms with Gasteiger partial charge in [-0.1, -0.05) is 17.7 Å². The fourth-order valence-corrected chi connectivity index (χ4v) is 1.21. The van der Waals surface area contributed by atoms with Gasteiger partial charge >= 0.3 is 5.97 Å². The smallest absolute Gasteiger partial charge is 0.343 e. The number of carbonyl (C=O) groups is 2. The number of esters is 1. The zero-order valence-electron chi connectivity index (χ0n) is 8.37. The Morgan fingerprint density at radius 3 is 2.62 bits per heavy atom. The summed E-state index contributed by atoms with van der Waals surface area (Å²) < 4.78 is 17.9. The summed E-state index contributed by atoms with van der Waals surface area (Å²) in [6.45, 7) is 1.29. The number of benzene rings is 1. The summed E-state index contributed by atoms with van der Waals surface area (Å²) in [7, 11) is 0. The Kier molecular flexibility index (Phi) is 3.84. The van der Waals surface area contributed by atoms with E-state index in [-0.39, 0.29) is 5.02 Å². The lowest BCUT2D eigenvalue weighted by molar-refractivity contribution is -0.125. The molecule has 1 aromatic carbocycles. The first-order valence-corrected chi connectivity index (χ1v) is 4.75. The van der Waals surface area contributed by atoms with Crippen molar-refractivity contribution in [2.75, 3.05) is 0 Å². The Morgan fingerprint density at radius 1 is 1.50 bits per heavy atom. The lowest BCUT2D eigenvalue weighted by Gasteiger charge is -2.10. The van der Waals surface area contributed by atoms with Crippen molar-refractivity contribution in [2.24, 2.45) is 5.73 Å². The Bertz CT molecular complexity index is 416. The number of ether oxygens (including phenoxy) is 1. The van der Waals surface area contributed by atoms with Crippen LogP contribution in [0.2, 0.25) is 5.02 Å². The highest BCUT2D eigenvalue weighted by molar-refractivity contribution is 6.33. The van der Waals surface area contributed by atoms with Gasteiger partial charge in [0.05, 0.1) is 5.02 Å². The van der Waals surface area contributed by atoms with Crippen LogP contribution in [0.3, 0.4) is 0 Å². The zero-order chi connectivity index (χ0) is 12.3. The molecule has 0 aliphatic carbocycles. The van der Waals surface area contributed by atoms with Crippen LogP contribution in [0.15, 0.2) is 18.2 Å². The van der Waals surface area contributed by atoms with E-state index in [2.05, 4.69) is 4.74 Å². The van der Waals surface area contributed by atoms with E-state index in [0.717, 1.165) is 6.07 Å². The van der Waals surface area contributed by atoms with Gasteiger partial charge in [-0.2, -0.15) is 0 Å². The number of halogens is 2. The molecule has 1 atom stereocenters. The third-order valence-electron chi connectivity index (χ3n) is 1.85. The third-order valence-corrected chi connectivity index (χ3v) is 2.17. The van der Waals surface area contributed by atoms with Gasteiger partial charge in [-0.15, -0.1) is 0 Å². The van der Waals surface area contributed by atoms with E-state index in [1.54, 1.807) is 0 Å². The standard InChI is InChI=1S/C10H9ClFNO3/c1-5(9(13)14)16-10(15)8-6(11)3-2-4-7(8)12/h2-5H,1H3,(H2,13,14). The Morgan fingerprint density at radius 2 is 2.12 bits per heavy atom. The fraction of sp³-hybridized carbons (Fsp3) is 0.200. The van der Waals surface area contributed by atoms with E-state index in [0.29, 0.717) is 0 Å². The van der Waals surface area contributed by atoms with E-state index in [9.17, 15) is 14.0 Å². The number of primary amides is 1. The second-order valence-electron chi connectivity index (χ2n) is 3.05. The van der Waals surface area contributed by atoms with Gasteiger partial charge in [0.15, 0.2) is 6.10 Å². The number of hydrogen-bond acceptors (Lipinski definition) is 3. The highest BCUT2D eigenvalue weighted by Crippen LogP contribution is 2.20. The van der Waals surface area contributed by atoms with Crippen molar-refractivity contribution in [2.45, 2.75) is 13.0 Å². The van der Waals surface area contributed by atoms with Gasteiger partial charge in [0.25, 0.3) is 5.91 Å². The molecular formula is C10H9ClFNO3. The van der Waals surface area contributed by atoms with E-state index in [1.807, 2.05) is 0 Å². The molecule has 0 radical (unpaired) electrons. The van der Waals surface area contributed by atoms with Crippen LogP contribution in [0.5, 0.6) is 0 Å². The van der Waals surface area contributed by atoms with Crippen LogP contribution in [0, 0.1) is 5.82 Å². The van der Waals surface area contributed by atoms with Crippen LogP contribution in [-0.2, 0) is 9.53 Å². The highest BCUT2D eigenvalue weighted by atomic mass is 35.5. The molecular weight excluding hydrogens is 237 g/mol. The van der Waals surface area contributed by atoms with Crippen LogP contribution >= 0.6 is 11.6 Å². The van der Waals surface area contributed by atoms with Gasteiger partial charge in [0.2, 0.25) is 0 Å². The molecule has 0 aliphatic heterocycles. The maximum absolute atomic E-state index is 13.3. The first kappa shape index (κ1) is 12.4. The van der Waals surface area contributed by atoms with Crippen molar-refractivity contribution in [3.05, 3.63) is 34.6 Å². The van der Waals surface area contributed by atoms with Gasteiger partial charge in [-0.05, 0) is 19.1 Å². The molecule has 0 spiro atoms. The second kappa shape index (κ2) is 4.94. The Labute approximate surface area is 96.1 Å². The average Bonchev–Trinajstić information content (AvgIpc) is 2.16. The largest absolute Gasteiger partial charge is 0.449 e.